The molecule has 5 nitrogen and oxygen atoms in total. The number of rotatable bonds is 9. The quantitative estimate of drug-likeness (QED) is 0.555. The van der Waals surface area contributed by atoms with Crippen LogP contribution in [0.1, 0.15) is 19.8 Å². The van der Waals surface area contributed by atoms with Crippen LogP contribution < -0.4 is 15.5 Å². The summed E-state index contributed by atoms with van der Waals surface area (Å²) < 4.78 is 52.5. The van der Waals surface area contributed by atoms with Crippen LogP contribution >= 0.6 is 0 Å². The van der Waals surface area contributed by atoms with Gasteiger partial charge in [-0.2, -0.15) is 0 Å². The molecule has 0 unspecified atom stereocenters. The van der Waals surface area contributed by atoms with E-state index in [4.69, 9.17) is 0 Å². The molecule has 0 aliphatic rings. The molecule has 0 aliphatic carbocycles. The lowest BCUT2D eigenvalue weighted by atomic mass is 10.2. The molecule has 2 aromatic rings. The van der Waals surface area contributed by atoms with E-state index in [0.29, 0.717) is 11.4 Å². The average molecular weight is 412 g/mol. The zero-order chi connectivity index (χ0) is 21.4. The summed E-state index contributed by atoms with van der Waals surface area (Å²) >= 11 is 0. The van der Waals surface area contributed by atoms with Crippen molar-refractivity contribution < 1.29 is 32.1 Å². The molecule has 2 amide bonds. The highest BCUT2D eigenvalue weighted by atomic mass is 19.2. The van der Waals surface area contributed by atoms with Crippen molar-refractivity contribution in [1.82, 2.24) is 0 Å². The van der Waals surface area contributed by atoms with Crippen LogP contribution in [0.2, 0.25) is 0 Å². The number of hydrogen-bond donors (Lipinski definition) is 3. The van der Waals surface area contributed by atoms with E-state index < -0.39 is 35.1 Å². The van der Waals surface area contributed by atoms with Gasteiger partial charge in [-0.05, 0) is 30.7 Å². The van der Waals surface area contributed by atoms with Gasteiger partial charge >= 0.3 is 0 Å². The Kier molecular flexibility index (Phi) is 8.14. The Morgan fingerprint density at radius 2 is 1.24 bits per heavy atom. The summed E-state index contributed by atoms with van der Waals surface area (Å²) in [4.78, 5) is 25.1. The second-order valence-corrected chi connectivity index (χ2v) is 6.56. The molecule has 0 aliphatic heterocycles. The fourth-order valence-corrected chi connectivity index (χ4v) is 2.68. The Bertz CT molecular complexity index is 809. The topological polar surface area (TPSA) is 62.6 Å². The van der Waals surface area contributed by atoms with E-state index in [1.807, 2.05) is 6.92 Å². The minimum Gasteiger partial charge on any atom is -0.321 e. The second-order valence-electron chi connectivity index (χ2n) is 6.56. The van der Waals surface area contributed by atoms with Gasteiger partial charge in [-0.25, -0.2) is 17.6 Å². The largest absolute Gasteiger partial charge is 0.321 e. The Morgan fingerprint density at radius 1 is 0.793 bits per heavy atom. The van der Waals surface area contributed by atoms with Gasteiger partial charge in [-0.15, -0.1) is 0 Å². The maximum absolute atomic E-state index is 13.3. The van der Waals surface area contributed by atoms with Crippen LogP contribution in [0, 0.1) is 23.3 Å². The lowest BCUT2D eigenvalue weighted by Gasteiger charge is -2.18. The monoisotopic (exact) mass is 412 g/mol. The molecular weight excluding hydrogens is 390 g/mol. The first-order valence-electron chi connectivity index (χ1n) is 9.12. The number of benzene rings is 2. The van der Waals surface area contributed by atoms with Crippen molar-refractivity contribution in [3.8, 4) is 0 Å². The first kappa shape index (κ1) is 22.4. The lowest BCUT2D eigenvalue weighted by Crippen LogP contribution is -3.14. The molecule has 0 saturated carbocycles. The average Bonchev–Trinajstić information content (AvgIpc) is 2.65. The minimum atomic E-state index is -1.08. The number of quaternary nitrogens is 1. The highest BCUT2D eigenvalue weighted by molar-refractivity contribution is 5.93. The van der Waals surface area contributed by atoms with Crippen LogP contribution in [0.25, 0.3) is 0 Å². The maximum Gasteiger partial charge on any atom is 0.279 e. The molecule has 2 aromatic carbocycles. The van der Waals surface area contributed by atoms with Gasteiger partial charge in [0.2, 0.25) is 0 Å². The van der Waals surface area contributed by atoms with E-state index >= 15 is 0 Å². The van der Waals surface area contributed by atoms with Gasteiger partial charge in [0.15, 0.2) is 36.4 Å². The number of amides is 2. The van der Waals surface area contributed by atoms with Gasteiger partial charge < -0.3 is 15.5 Å². The molecule has 0 heterocycles. The lowest BCUT2D eigenvalue weighted by molar-refractivity contribution is -0.883. The van der Waals surface area contributed by atoms with E-state index in [1.165, 1.54) is 12.1 Å². The highest BCUT2D eigenvalue weighted by Gasteiger charge is 2.19. The number of halogens is 4. The normalized spacial score (nSPS) is 10.8. The summed E-state index contributed by atoms with van der Waals surface area (Å²) in [6.07, 6.45) is 1.60. The standard InChI is InChI=1S/C20H21F4N3O2/c1-2-3-8-27(11-19(28)25-13-4-6-15(21)17(23)9-13)12-20(29)26-14-5-7-16(22)18(24)10-14/h4-7,9-10H,2-3,8,11-12H2,1H3,(H,25,28)(H,26,29)/p+1. The molecule has 9 heteroatoms. The third kappa shape index (κ3) is 7.19. The smallest absolute Gasteiger partial charge is 0.279 e. The zero-order valence-corrected chi connectivity index (χ0v) is 15.8. The molecule has 0 saturated heterocycles. The van der Waals surface area contributed by atoms with Gasteiger partial charge in [0.25, 0.3) is 11.8 Å². The van der Waals surface area contributed by atoms with Crippen molar-refractivity contribution in [2.24, 2.45) is 0 Å². The Labute approximate surface area is 165 Å². The number of unbranched alkanes of at least 4 members (excludes halogenated alkanes) is 1. The van der Waals surface area contributed by atoms with Gasteiger partial charge in [-0.1, -0.05) is 13.3 Å². The molecule has 0 atom stereocenters. The first-order valence-corrected chi connectivity index (χ1v) is 9.12. The molecule has 156 valence electrons. The van der Waals surface area contributed by atoms with E-state index in [0.717, 1.165) is 37.1 Å². The van der Waals surface area contributed by atoms with Crippen molar-refractivity contribution in [2.75, 3.05) is 30.3 Å². The number of anilines is 2. The van der Waals surface area contributed by atoms with Gasteiger partial charge in [0.05, 0.1) is 6.54 Å². The SMILES string of the molecule is CCCC[NH+](CC(=O)Nc1ccc(F)c(F)c1)CC(=O)Nc1ccc(F)c(F)c1. The fourth-order valence-electron chi connectivity index (χ4n) is 2.68. The van der Waals surface area contributed by atoms with Crippen molar-refractivity contribution in [1.29, 1.82) is 0 Å². The number of hydrogen-bond acceptors (Lipinski definition) is 2. The molecular formula is C20H22F4N3O2+. The molecule has 0 fully saturated rings. The molecule has 29 heavy (non-hydrogen) atoms. The molecule has 0 radical (unpaired) electrons. The summed E-state index contributed by atoms with van der Waals surface area (Å²) in [6, 6.07) is 6.02. The van der Waals surface area contributed by atoms with Crippen molar-refractivity contribution >= 4 is 23.2 Å². The van der Waals surface area contributed by atoms with E-state index in [-0.39, 0.29) is 24.5 Å². The third-order valence-electron chi connectivity index (χ3n) is 4.11. The van der Waals surface area contributed by atoms with Crippen molar-refractivity contribution in [3.05, 3.63) is 59.7 Å². The fraction of sp³-hybridized carbons (Fsp3) is 0.300. The third-order valence-corrected chi connectivity index (χ3v) is 4.11. The molecule has 0 spiro atoms. The van der Waals surface area contributed by atoms with E-state index in [1.54, 1.807) is 0 Å². The summed E-state index contributed by atoms with van der Waals surface area (Å²) in [5, 5.41) is 4.93. The summed E-state index contributed by atoms with van der Waals surface area (Å²) in [5.41, 5.74) is 0.213. The number of carbonyl (C=O) groups is 2. The summed E-state index contributed by atoms with van der Waals surface area (Å²) in [7, 11) is 0. The number of carbonyl (C=O) groups excluding carboxylic acids is 2. The predicted octanol–water partition coefficient (Wildman–Crippen LogP) is 2.51. The van der Waals surface area contributed by atoms with E-state index in [9.17, 15) is 27.2 Å². The molecule has 2 rings (SSSR count). The minimum absolute atomic E-state index is 0.0792. The van der Waals surface area contributed by atoms with Crippen LogP contribution in [0.15, 0.2) is 36.4 Å². The van der Waals surface area contributed by atoms with Crippen molar-refractivity contribution in [3.63, 3.8) is 0 Å². The molecule has 3 N–H and O–H groups in total. The van der Waals surface area contributed by atoms with Crippen LogP contribution in [0.4, 0.5) is 28.9 Å². The van der Waals surface area contributed by atoms with Crippen molar-refractivity contribution in [2.45, 2.75) is 19.8 Å². The Balaban J connectivity index is 1.96. The molecule has 0 bridgehead atoms. The number of nitrogens with one attached hydrogen (secondary N) is 3. The first-order chi connectivity index (χ1) is 13.8. The van der Waals surface area contributed by atoms with E-state index in [2.05, 4.69) is 10.6 Å². The van der Waals surface area contributed by atoms with Crippen LogP contribution in [-0.2, 0) is 9.59 Å². The van der Waals surface area contributed by atoms with Crippen LogP contribution in [-0.4, -0.2) is 31.4 Å². The van der Waals surface area contributed by atoms with Crippen LogP contribution in [0.3, 0.4) is 0 Å². The van der Waals surface area contributed by atoms with Gasteiger partial charge in [0, 0.05) is 23.5 Å². The van der Waals surface area contributed by atoms with Gasteiger partial charge in [-0.3, -0.25) is 9.59 Å². The second kappa shape index (κ2) is 10.6. The maximum atomic E-state index is 13.3. The predicted molar refractivity (Wildman–Crippen MR) is 100 cm³/mol. The molecule has 0 aromatic heterocycles. The Morgan fingerprint density at radius 3 is 1.62 bits per heavy atom. The highest BCUT2D eigenvalue weighted by Crippen LogP contribution is 2.13. The van der Waals surface area contributed by atoms with Gasteiger partial charge in [0.1, 0.15) is 0 Å². The zero-order valence-electron chi connectivity index (χ0n) is 15.8. The van der Waals surface area contributed by atoms with Crippen LogP contribution in [0.5, 0.6) is 0 Å². The Hall–Kier alpha value is -2.94. The summed E-state index contributed by atoms with van der Waals surface area (Å²) in [6.45, 7) is 2.32. The summed E-state index contributed by atoms with van der Waals surface area (Å²) in [5.74, 6) is -5.14.